The maximum Gasteiger partial charge on any atom is 0.261 e. The van der Waals surface area contributed by atoms with E-state index in [-0.39, 0.29) is 17.9 Å². The molecule has 0 atom stereocenters. The van der Waals surface area contributed by atoms with Gasteiger partial charge in [-0.1, -0.05) is 0 Å². The molecule has 27 heavy (non-hydrogen) atoms. The zero-order chi connectivity index (χ0) is 18.7. The number of hydrogen-bond acceptors (Lipinski definition) is 4. The Kier molecular flexibility index (Phi) is 3.48. The van der Waals surface area contributed by atoms with E-state index in [2.05, 4.69) is 21.9 Å². The number of nitrogens with zero attached hydrogens (tertiary/aromatic N) is 4. The van der Waals surface area contributed by atoms with Crippen LogP contribution < -0.4 is 0 Å². The highest BCUT2D eigenvalue weighted by atomic mass is 16.2. The Morgan fingerprint density at radius 3 is 2.44 bits per heavy atom. The van der Waals surface area contributed by atoms with E-state index in [4.69, 9.17) is 0 Å². The SMILES string of the molecule is CN1CCC(N2C(=O)c3cc4nc(-c5cccn5C)[nH]c4cc3C2=O)CC1. The number of amides is 2. The number of nitrogens with one attached hydrogen (secondary N) is 1. The number of piperidine rings is 1. The lowest BCUT2D eigenvalue weighted by Crippen LogP contribution is -2.46. The van der Waals surface area contributed by atoms with Crippen molar-refractivity contribution in [3.8, 4) is 11.5 Å². The molecule has 2 aliphatic rings. The monoisotopic (exact) mass is 363 g/mol. The maximum atomic E-state index is 13.0. The first kappa shape index (κ1) is 16.3. The van der Waals surface area contributed by atoms with Crippen LogP contribution in [-0.2, 0) is 7.05 Å². The van der Waals surface area contributed by atoms with Crippen molar-refractivity contribution in [2.45, 2.75) is 18.9 Å². The highest BCUT2D eigenvalue weighted by Crippen LogP contribution is 2.32. The van der Waals surface area contributed by atoms with Gasteiger partial charge in [-0.15, -0.1) is 0 Å². The zero-order valence-electron chi connectivity index (χ0n) is 15.4. The third kappa shape index (κ3) is 2.42. The quantitative estimate of drug-likeness (QED) is 0.709. The minimum Gasteiger partial charge on any atom is -0.348 e. The number of aromatic amines is 1. The summed E-state index contributed by atoms with van der Waals surface area (Å²) in [6.07, 6.45) is 3.61. The largest absolute Gasteiger partial charge is 0.348 e. The van der Waals surface area contributed by atoms with Crippen LogP contribution in [0, 0.1) is 0 Å². The summed E-state index contributed by atoms with van der Waals surface area (Å²) >= 11 is 0. The first-order chi connectivity index (χ1) is 13.0. The van der Waals surface area contributed by atoms with Gasteiger partial charge in [-0.2, -0.15) is 0 Å². The van der Waals surface area contributed by atoms with Crippen LogP contribution in [0.2, 0.25) is 0 Å². The summed E-state index contributed by atoms with van der Waals surface area (Å²) in [5.41, 5.74) is 3.38. The van der Waals surface area contributed by atoms with E-state index in [1.54, 1.807) is 12.1 Å². The number of rotatable bonds is 2. The highest BCUT2D eigenvalue weighted by molar-refractivity contribution is 6.23. The molecule has 0 spiro atoms. The smallest absolute Gasteiger partial charge is 0.261 e. The lowest BCUT2D eigenvalue weighted by atomic mass is 10.0. The molecule has 7 nitrogen and oxygen atoms in total. The molecule has 138 valence electrons. The lowest BCUT2D eigenvalue weighted by molar-refractivity contribution is 0.0516. The first-order valence-corrected chi connectivity index (χ1v) is 9.25. The molecule has 7 heteroatoms. The van der Waals surface area contributed by atoms with Gasteiger partial charge in [0.05, 0.1) is 27.9 Å². The molecular formula is C20H21N5O2. The Morgan fingerprint density at radius 2 is 1.78 bits per heavy atom. The van der Waals surface area contributed by atoms with E-state index in [1.165, 1.54) is 4.90 Å². The molecule has 2 aromatic heterocycles. The Hall–Kier alpha value is -2.93. The molecule has 1 N–H and O–H groups in total. The second-order valence-corrected chi connectivity index (χ2v) is 7.52. The number of imidazole rings is 1. The summed E-state index contributed by atoms with van der Waals surface area (Å²) in [5, 5.41) is 0. The molecule has 0 unspecified atom stereocenters. The number of aromatic nitrogens is 3. The molecule has 2 aliphatic heterocycles. The summed E-state index contributed by atoms with van der Waals surface area (Å²) in [4.78, 5) is 37.6. The number of aryl methyl sites for hydroxylation is 1. The van der Waals surface area contributed by atoms with E-state index in [9.17, 15) is 9.59 Å². The number of H-pyrrole nitrogens is 1. The summed E-state index contributed by atoms with van der Waals surface area (Å²) in [5.74, 6) is 0.365. The topological polar surface area (TPSA) is 74.2 Å². The number of carbonyl (C=O) groups is 2. The summed E-state index contributed by atoms with van der Waals surface area (Å²) in [6, 6.07) is 7.44. The predicted molar refractivity (Wildman–Crippen MR) is 102 cm³/mol. The number of likely N-dealkylation sites (tertiary alicyclic amines) is 1. The summed E-state index contributed by atoms with van der Waals surface area (Å²) < 4.78 is 1.98. The van der Waals surface area contributed by atoms with Gasteiger partial charge in [0.15, 0.2) is 5.82 Å². The Bertz CT molecular complexity index is 1020. The Morgan fingerprint density at radius 1 is 1.07 bits per heavy atom. The lowest BCUT2D eigenvalue weighted by Gasteiger charge is -2.33. The minimum absolute atomic E-state index is 0.0150. The Balaban J connectivity index is 1.53. The van der Waals surface area contributed by atoms with Crippen molar-refractivity contribution in [3.63, 3.8) is 0 Å². The second-order valence-electron chi connectivity index (χ2n) is 7.52. The van der Waals surface area contributed by atoms with Gasteiger partial charge in [-0.3, -0.25) is 14.5 Å². The van der Waals surface area contributed by atoms with Crippen molar-refractivity contribution < 1.29 is 9.59 Å². The highest BCUT2D eigenvalue weighted by Gasteiger charge is 2.41. The van der Waals surface area contributed by atoms with Crippen LogP contribution in [-0.4, -0.2) is 62.3 Å². The van der Waals surface area contributed by atoms with Gasteiger partial charge < -0.3 is 14.5 Å². The van der Waals surface area contributed by atoms with Gasteiger partial charge in [0.2, 0.25) is 0 Å². The number of benzene rings is 1. The molecule has 1 saturated heterocycles. The maximum absolute atomic E-state index is 13.0. The third-order valence-electron chi connectivity index (χ3n) is 5.76. The predicted octanol–water partition coefficient (Wildman–Crippen LogP) is 2.26. The fraction of sp³-hybridized carbons (Fsp3) is 0.350. The normalized spacial score (nSPS) is 18.7. The van der Waals surface area contributed by atoms with Crippen molar-refractivity contribution in [1.82, 2.24) is 24.3 Å². The van der Waals surface area contributed by atoms with Crippen LogP contribution in [0.1, 0.15) is 33.6 Å². The fourth-order valence-corrected chi connectivity index (χ4v) is 4.18. The molecule has 3 aromatic rings. The van der Waals surface area contributed by atoms with E-state index in [1.807, 2.05) is 29.9 Å². The van der Waals surface area contributed by atoms with Gasteiger partial charge in [0, 0.05) is 19.3 Å². The van der Waals surface area contributed by atoms with Crippen LogP contribution >= 0.6 is 0 Å². The summed E-state index contributed by atoms with van der Waals surface area (Å²) in [7, 11) is 4.02. The minimum atomic E-state index is -0.185. The summed E-state index contributed by atoms with van der Waals surface area (Å²) in [6.45, 7) is 1.81. The van der Waals surface area contributed by atoms with Gasteiger partial charge in [-0.05, 0) is 57.2 Å². The average molecular weight is 363 g/mol. The molecule has 5 rings (SSSR count). The van der Waals surface area contributed by atoms with Crippen molar-refractivity contribution in [3.05, 3.63) is 41.6 Å². The van der Waals surface area contributed by atoms with Crippen molar-refractivity contribution in [2.24, 2.45) is 7.05 Å². The molecule has 0 radical (unpaired) electrons. The molecule has 0 saturated carbocycles. The molecule has 0 aliphatic carbocycles. The van der Waals surface area contributed by atoms with Crippen LogP contribution in [0.25, 0.3) is 22.6 Å². The molecule has 0 bridgehead atoms. The fourth-order valence-electron chi connectivity index (χ4n) is 4.18. The van der Waals surface area contributed by atoms with Crippen LogP contribution in [0.5, 0.6) is 0 Å². The van der Waals surface area contributed by atoms with Crippen molar-refractivity contribution in [2.75, 3.05) is 20.1 Å². The third-order valence-corrected chi connectivity index (χ3v) is 5.76. The van der Waals surface area contributed by atoms with Gasteiger partial charge in [0.25, 0.3) is 11.8 Å². The number of carbonyl (C=O) groups excluding carboxylic acids is 2. The molecule has 1 fully saturated rings. The first-order valence-electron chi connectivity index (χ1n) is 9.25. The molecule has 1 aromatic carbocycles. The Labute approximate surface area is 156 Å². The molecule has 4 heterocycles. The average Bonchev–Trinajstić information content (AvgIpc) is 3.32. The standard InChI is InChI=1S/C20H21N5O2/c1-23-8-5-12(6-9-23)25-19(26)13-10-15-16(11-14(13)20(25)27)22-18(21-15)17-4-3-7-24(17)2/h3-4,7,10-12H,5-6,8-9H2,1-2H3,(H,21,22). The van der Waals surface area contributed by atoms with Gasteiger partial charge >= 0.3 is 0 Å². The molecular weight excluding hydrogens is 342 g/mol. The van der Waals surface area contributed by atoms with Crippen molar-refractivity contribution in [1.29, 1.82) is 0 Å². The van der Waals surface area contributed by atoms with Crippen LogP contribution in [0.15, 0.2) is 30.5 Å². The zero-order valence-corrected chi connectivity index (χ0v) is 15.4. The van der Waals surface area contributed by atoms with Crippen molar-refractivity contribution >= 4 is 22.8 Å². The van der Waals surface area contributed by atoms with Gasteiger partial charge in [-0.25, -0.2) is 4.98 Å². The molecule has 2 amide bonds. The number of fused-ring (bicyclic) bond motifs is 2. The van der Waals surface area contributed by atoms with E-state index >= 15 is 0 Å². The van der Waals surface area contributed by atoms with Crippen LogP contribution in [0.4, 0.5) is 0 Å². The second kappa shape index (κ2) is 5.79. The number of hydrogen-bond donors (Lipinski definition) is 1. The van der Waals surface area contributed by atoms with E-state index < -0.39 is 0 Å². The number of imide groups is 1. The van der Waals surface area contributed by atoms with Gasteiger partial charge in [0.1, 0.15) is 0 Å². The van der Waals surface area contributed by atoms with E-state index in [0.29, 0.717) is 16.6 Å². The van der Waals surface area contributed by atoms with E-state index in [0.717, 1.165) is 43.0 Å². The van der Waals surface area contributed by atoms with Crippen LogP contribution in [0.3, 0.4) is 0 Å².